The Hall–Kier alpha value is -2.48. The van der Waals surface area contributed by atoms with Crippen molar-refractivity contribution in [3.8, 4) is 5.75 Å². The Balaban J connectivity index is 0.00000240. The zero-order valence-electron chi connectivity index (χ0n) is 15.5. The molecule has 1 heterocycles. The molecule has 142 valence electrons. The van der Waals surface area contributed by atoms with Crippen LogP contribution >= 0.6 is 0 Å². The van der Waals surface area contributed by atoms with Crippen molar-refractivity contribution in [3.63, 3.8) is 0 Å². The molecular formula is C21H14F3N2NaO2. The summed E-state index contributed by atoms with van der Waals surface area (Å²) in [4.78, 5) is 11.9. The molecule has 0 aliphatic carbocycles. The third-order valence-corrected chi connectivity index (χ3v) is 4.45. The zero-order chi connectivity index (χ0) is 19.9. The molecule has 0 fully saturated rings. The summed E-state index contributed by atoms with van der Waals surface area (Å²) in [5.41, 5.74) is 8.06. The van der Waals surface area contributed by atoms with Crippen LogP contribution in [0.1, 0.15) is 15.9 Å². The van der Waals surface area contributed by atoms with Crippen LogP contribution < -0.4 is 40.0 Å². The first kappa shape index (κ1) is 21.2. The molecule has 4 aromatic rings. The first-order valence-corrected chi connectivity index (χ1v) is 8.39. The van der Waals surface area contributed by atoms with Gasteiger partial charge in [0.25, 0.3) is 0 Å². The van der Waals surface area contributed by atoms with Crippen LogP contribution in [0.25, 0.3) is 21.8 Å². The van der Waals surface area contributed by atoms with Gasteiger partial charge in [0.05, 0.1) is 0 Å². The van der Waals surface area contributed by atoms with Gasteiger partial charge >= 0.3 is 35.9 Å². The second-order valence-corrected chi connectivity index (χ2v) is 6.28. The van der Waals surface area contributed by atoms with Crippen LogP contribution in [0.5, 0.6) is 5.75 Å². The van der Waals surface area contributed by atoms with E-state index in [-0.39, 0.29) is 41.9 Å². The minimum absolute atomic E-state index is 0. The second-order valence-electron chi connectivity index (χ2n) is 6.28. The van der Waals surface area contributed by atoms with Gasteiger partial charge < -0.3 is 15.0 Å². The number of aromatic nitrogens is 1. The number of alkyl halides is 3. The summed E-state index contributed by atoms with van der Waals surface area (Å²) in [5, 5.41) is 1.41. The summed E-state index contributed by atoms with van der Waals surface area (Å²) in [6.07, 6.45) is -4.75. The third-order valence-electron chi connectivity index (χ3n) is 4.45. The quantitative estimate of drug-likeness (QED) is 0.414. The van der Waals surface area contributed by atoms with Crippen LogP contribution in [0.15, 0.2) is 60.7 Å². The fourth-order valence-electron chi connectivity index (χ4n) is 3.41. The van der Waals surface area contributed by atoms with Crippen molar-refractivity contribution in [1.29, 1.82) is 0 Å². The Morgan fingerprint density at radius 1 is 1.07 bits per heavy atom. The molecule has 8 heteroatoms. The van der Waals surface area contributed by atoms with Crippen LogP contribution in [0.4, 0.5) is 13.2 Å². The number of carbonyl (C=O) groups is 1. The number of nitrogens with zero attached hydrogens (tertiary/aromatic N) is 1. The van der Waals surface area contributed by atoms with Gasteiger partial charge in [0.2, 0.25) is 5.91 Å². The number of hydrogen-bond donors (Lipinski definition) is 1. The molecule has 4 nitrogen and oxygen atoms in total. The fraction of sp³-hybridized carbons (Fsp3) is 0.0952. The number of carbonyl (C=O) groups excluding carboxylic acids is 1. The Bertz CT molecular complexity index is 1200. The van der Waals surface area contributed by atoms with Gasteiger partial charge in [0.15, 0.2) is 0 Å². The van der Waals surface area contributed by atoms with Gasteiger partial charge in [0, 0.05) is 12.1 Å². The number of hydrogen-bond acceptors (Lipinski definition) is 2. The van der Waals surface area contributed by atoms with E-state index in [1.807, 2.05) is 22.8 Å². The average Bonchev–Trinajstić information content (AvgIpc) is 2.95. The van der Waals surface area contributed by atoms with E-state index in [0.717, 1.165) is 16.4 Å². The minimum atomic E-state index is -4.75. The summed E-state index contributed by atoms with van der Waals surface area (Å²) >= 11 is 0. The summed E-state index contributed by atoms with van der Waals surface area (Å²) in [6, 6.07) is 19.6. The Morgan fingerprint density at radius 3 is 2.52 bits per heavy atom. The van der Waals surface area contributed by atoms with Gasteiger partial charge in [-0.15, -0.1) is 42.8 Å². The van der Waals surface area contributed by atoms with Crippen molar-refractivity contribution in [3.05, 3.63) is 77.9 Å². The average molecular weight is 406 g/mol. The summed E-state index contributed by atoms with van der Waals surface area (Å²) in [6.45, 7) is 0.287. The number of halogens is 3. The van der Waals surface area contributed by atoms with Gasteiger partial charge in [-0.25, -0.2) is 0 Å². The van der Waals surface area contributed by atoms with E-state index < -0.39 is 12.3 Å². The third kappa shape index (κ3) is 4.27. The number of fused-ring (bicyclic) bond motifs is 3. The van der Waals surface area contributed by atoms with Gasteiger partial charge in [0.1, 0.15) is 5.75 Å². The molecule has 0 atom stereocenters. The van der Waals surface area contributed by atoms with Crippen LogP contribution in [-0.2, 0) is 6.54 Å². The van der Waals surface area contributed by atoms with E-state index in [9.17, 15) is 18.0 Å². The van der Waals surface area contributed by atoms with E-state index in [0.29, 0.717) is 16.5 Å². The number of nitrogens with two attached hydrogens (primary N) is 1. The first-order chi connectivity index (χ1) is 13.3. The number of amides is 1. The molecule has 0 spiro atoms. The predicted molar refractivity (Wildman–Crippen MR) is 99.0 cm³/mol. The zero-order valence-corrected chi connectivity index (χ0v) is 17.5. The molecule has 2 N–H and O–H groups in total. The minimum Gasteiger partial charge on any atom is -0.406 e. The van der Waals surface area contributed by atoms with Crippen LogP contribution in [0, 0.1) is 6.07 Å². The molecule has 0 aliphatic rings. The van der Waals surface area contributed by atoms with Gasteiger partial charge in [-0.2, -0.15) is 0 Å². The van der Waals surface area contributed by atoms with Crippen molar-refractivity contribution in [2.24, 2.45) is 5.73 Å². The fourth-order valence-corrected chi connectivity index (χ4v) is 3.41. The summed E-state index contributed by atoms with van der Waals surface area (Å²) in [5.74, 6) is -0.836. The van der Waals surface area contributed by atoms with E-state index in [1.54, 1.807) is 24.3 Å². The van der Waals surface area contributed by atoms with Crippen molar-refractivity contribution in [2.75, 3.05) is 0 Å². The van der Waals surface area contributed by atoms with Gasteiger partial charge in [-0.1, -0.05) is 29.7 Å². The standard InChI is InChI=1S/C21H14F3N2O2.Na/c22-21(23,24)28-14-6-3-5-13(11-14)12-26-17-9-2-1-7-15(17)19-16(20(25)27)8-4-10-18(19)26;/h1-6,8-11H,12H2,(H2,25,27);/q-1;+1. The van der Waals surface area contributed by atoms with Crippen molar-refractivity contribution < 1.29 is 52.3 Å². The van der Waals surface area contributed by atoms with E-state index in [4.69, 9.17) is 5.73 Å². The maximum absolute atomic E-state index is 12.5. The van der Waals surface area contributed by atoms with Gasteiger partial charge in [-0.05, 0) is 34.8 Å². The molecule has 3 aromatic carbocycles. The van der Waals surface area contributed by atoms with Crippen molar-refractivity contribution >= 4 is 27.7 Å². The number of benzene rings is 3. The molecule has 0 bridgehead atoms. The number of primary amides is 1. The summed E-state index contributed by atoms with van der Waals surface area (Å²) < 4.78 is 43.5. The maximum Gasteiger partial charge on any atom is 1.00 e. The van der Waals surface area contributed by atoms with Crippen LogP contribution in [0.2, 0.25) is 0 Å². The van der Waals surface area contributed by atoms with Crippen molar-refractivity contribution in [1.82, 2.24) is 4.57 Å². The molecule has 29 heavy (non-hydrogen) atoms. The van der Waals surface area contributed by atoms with Crippen LogP contribution in [0.3, 0.4) is 0 Å². The first-order valence-electron chi connectivity index (χ1n) is 8.39. The molecule has 0 saturated carbocycles. The second kappa shape index (κ2) is 8.10. The molecule has 0 unspecified atom stereocenters. The van der Waals surface area contributed by atoms with Crippen molar-refractivity contribution in [2.45, 2.75) is 12.9 Å². The molecule has 1 amide bonds. The Kier molecular flexibility index (Phi) is 5.93. The van der Waals surface area contributed by atoms with Gasteiger partial charge in [-0.3, -0.25) is 4.79 Å². The normalized spacial score (nSPS) is 11.4. The molecule has 4 rings (SSSR count). The smallest absolute Gasteiger partial charge is 0.406 e. The monoisotopic (exact) mass is 406 g/mol. The molecule has 0 saturated heterocycles. The number of rotatable bonds is 4. The SMILES string of the molecule is NC(=O)c1cccc2c1c1[c-]cccc1n2Cc1cccc(OC(F)(F)F)c1.[Na+]. The molecule has 0 radical (unpaired) electrons. The summed E-state index contributed by atoms with van der Waals surface area (Å²) in [7, 11) is 0. The molecule has 0 aliphatic heterocycles. The molecular weight excluding hydrogens is 392 g/mol. The predicted octanol–water partition coefficient (Wildman–Crippen LogP) is 1.64. The van der Waals surface area contributed by atoms with E-state index >= 15 is 0 Å². The Morgan fingerprint density at radius 2 is 1.79 bits per heavy atom. The largest absolute Gasteiger partial charge is 1.00 e. The van der Waals surface area contributed by atoms with E-state index in [2.05, 4.69) is 10.8 Å². The van der Waals surface area contributed by atoms with E-state index in [1.165, 1.54) is 18.2 Å². The van der Waals surface area contributed by atoms with Crippen LogP contribution in [-0.4, -0.2) is 16.8 Å². The topological polar surface area (TPSA) is 57.2 Å². The number of ether oxygens (including phenoxy) is 1. The Labute approximate surface area is 186 Å². The maximum atomic E-state index is 12.5. The molecule has 1 aromatic heterocycles.